The fourth-order valence-corrected chi connectivity index (χ4v) is 3.39. The molecular formula is C24H28N4O4. The Labute approximate surface area is 187 Å². The maximum Gasteiger partial charge on any atom is 0.255 e. The normalized spacial score (nSPS) is 10.5. The first kappa shape index (κ1) is 22.9. The second-order valence-electron chi connectivity index (χ2n) is 6.99. The number of nitrogens with zero attached hydrogens (tertiary/aromatic N) is 3. The van der Waals surface area contributed by atoms with Crippen LogP contribution in [-0.2, 0) is 4.79 Å². The molecule has 0 unspecified atom stereocenters. The first-order valence-electron chi connectivity index (χ1n) is 10.5. The van der Waals surface area contributed by atoms with Gasteiger partial charge < -0.3 is 19.7 Å². The van der Waals surface area contributed by atoms with Crippen LogP contribution in [0.2, 0.25) is 0 Å². The van der Waals surface area contributed by atoms with E-state index in [1.807, 2.05) is 50.2 Å². The van der Waals surface area contributed by atoms with Crippen molar-refractivity contribution in [1.82, 2.24) is 20.0 Å². The summed E-state index contributed by atoms with van der Waals surface area (Å²) in [5, 5.41) is 7.40. The Morgan fingerprint density at radius 2 is 1.69 bits per heavy atom. The van der Waals surface area contributed by atoms with Crippen LogP contribution >= 0.6 is 0 Å². The zero-order valence-corrected chi connectivity index (χ0v) is 18.8. The molecule has 0 spiro atoms. The van der Waals surface area contributed by atoms with E-state index in [-0.39, 0.29) is 18.4 Å². The smallest absolute Gasteiger partial charge is 0.255 e. The van der Waals surface area contributed by atoms with Crippen LogP contribution in [0.25, 0.3) is 16.9 Å². The summed E-state index contributed by atoms with van der Waals surface area (Å²) in [6.45, 7) is 4.91. The zero-order chi connectivity index (χ0) is 23.1. The lowest BCUT2D eigenvalue weighted by atomic mass is 10.1. The van der Waals surface area contributed by atoms with E-state index in [1.54, 1.807) is 42.1 Å². The van der Waals surface area contributed by atoms with Gasteiger partial charge in [-0.1, -0.05) is 18.2 Å². The van der Waals surface area contributed by atoms with E-state index in [0.29, 0.717) is 41.4 Å². The number of para-hydroxylation sites is 1. The van der Waals surface area contributed by atoms with Crippen LogP contribution in [0.5, 0.6) is 11.5 Å². The molecule has 0 saturated carbocycles. The van der Waals surface area contributed by atoms with Crippen molar-refractivity contribution in [3.63, 3.8) is 0 Å². The summed E-state index contributed by atoms with van der Waals surface area (Å²) < 4.78 is 12.4. The van der Waals surface area contributed by atoms with E-state index in [1.165, 1.54) is 0 Å². The molecule has 0 saturated heterocycles. The fourth-order valence-electron chi connectivity index (χ4n) is 3.39. The highest BCUT2D eigenvalue weighted by atomic mass is 16.5. The van der Waals surface area contributed by atoms with Crippen LogP contribution in [0.15, 0.2) is 54.7 Å². The average molecular weight is 437 g/mol. The van der Waals surface area contributed by atoms with Crippen LogP contribution in [-0.4, -0.2) is 60.3 Å². The number of rotatable bonds is 9. The van der Waals surface area contributed by atoms with Crippen molar-refractivity contribution in [2.45, 2.75) is 13.8 Å². The fraction of sp³-hybridized carbons (Fsp3) is 0.292. The minimum Gasteiger partial charge on any atom is -0.493 e. The second kappa shape index (κ2) is 10.5. The molecule has 2 aromatic carbocycles. The Kier molecular flexibility index (Phi) is 7.49. The first-order chi connectivity index (χ1) is 15.5. The first-order valence-corrected chi connectivity index (χ1v) is 10.5. The topological polar surface area (TPSA) is 85.7 Å². The number of benzene rings is 2. The third kappa shape index (κ3) is 4.91. The number of hydrogen-bond donors (Lipinski definition) is 1. The van der Waals surface area contributed by atoms with Crippen LogP contribution < -0.4 is 14.8 Å². The molecule has 8 nitrogen and oxygen atoms in total. The van der Waals surface area contributed by atoms with Gasteiger partial charge in [0.1, 0.15) is 5.69 Å². The number of carbonyl (C=O) groups excluding carboxylic acids is 2. The zero-order valence-electron chi connectivity index (χ0n) is 18.8. The van der Waals surface area contributed by atoms with E-state index in [2.05, 4.69) is 10.4 Å². The summed E-state index contributed by atoms with van der Waals surface area (Å²) in [6.07, 6.45) is 1.67. The average Bonchev–Trinajstić information content (AvgIpc) is 3.29. The van der Waals surface area contributed by atoms with Gasteiger partial charge in [0, 0.05) is 24.8 Å². The standard InChI is InChI=1S/C24H28N4O4/c1-5-27(6-2)22(29)15-25-24(30)19-16-28(18-10-8-7-9-11-18)26-23(19)17-12-13-20(31-3)21(14-17)32-4/h7-14,16H,5-6,15H2,1-4H3,(H,25,30). The van der Waals surface area contributed by atoms with Crippen molar-refractivity contribution in [3.05, 3.63) is 60.3 Å². The lowest BCUT2D eigenvalue weighted by Gasteiger charge is -2.18. The van der Waals surface area contributed by atoms with Gasteiger partial charge in [0.25, 0.3) is 5.91 Å². The molecule has 2 amide bonds. The van der Waals surface area contributed by atoms with Crippen molar-refractivity contribution in [3.8, 4) is 28.4 Å². The number of hydrogen-bond acceptors (Lipinski definition) is 5. The number of carbonyl (C=O) groups is 2. The lowest BCUT2D eigenvalue weighted by molar-refractivity contribution is -0.129. The number of amides is 2. The highest BCUT2D eigenvalue weighted by molar-refractivity contribution is 6.01. The van der Waals surface area contributed by atoms with Gasteiger partial charge in [0.05, 0.1) is 32.0 Å². The number of nitrogens with one attached hydrogen (secondary N) is 1. The summed E-state index contributed by atoms with van der Waals surface area (Å²) in [6, 6.07) is 14.9. The van der Waals surface area contributed by atoms with E-state index >= 15 is 0 Å². The Morgan fingerprint density at radius 1 is 1.00 bits per heavy atom. The quantitative estimate of drug-likeness (QED) is 0.557. The highest BCUT2D eigenvalue weighted by Crippen LogP contribution is 2.33. The summed E-state index contributed by atoms with van der Waals surface area (Å²) >= 11 is 0. The van der Waals surface area contributed by atoms with Crippen LogP contribution in [0, 0.1) is 0 Å². The third-order valence-corrected chi connectivity index (χ3v) is 5.15. The van der Waals surface area contributed by atoms with Gasteiger partial charge in [0.15, 0.2) is 11.5 Å². The minimum absolute atomic E-state index is 0.0809. The van der Waals surface area contributed by atoms with Crippen molar-refractivity contribution < 1.29 is 19.1 Å². The maximum atomic E-state index is 13.1. The van der Waals surface area contributed by atoms with Crippen molar-refractivity contribution >= 4 is 11.8 Å². The summed E-state index contributed by atoms with van der Waals surface area (Å²) in [5.74, 6) is 0.598. The number of ether oxygens (including phenoxy) is 2. The van der Waals surface area contributed by atoms with Gasteiger partial charge in [-0.15, -0.1) is 0 Å². The molecule has 0 aliphatic heterocycles. The van der Waals surface area contributed by atoms with Gasteiger partial charge in [-0.05, 0) is 44.2 Å². The minimum atomic E-state index is -0.377. The molecule has 0 aliphatic carbocycles. The third-order valence-electron chi connectivity index (χ3n) is 5.15. The molecule has 3 aromatic rings. The van der Waals surface area contributed by atoms with Crippen LogP contribution in [0.4, 0.5) is 0 Å². The predicted octanol–water partition coefficient (Wildman–Crippen LogP) is 3.15. The molecule has 1 N–H and O–H groups in total. The highest BCUT2D eigenvalue weighted by Gasteiger charge is 2.21. The van der Waals surface area contributed by atoms with Crippen molar-refractivity contribution in [2.24, 2.45) is 0 Å². The van der Waals surface area contributed by atoms with E-state index in [0.717, 1.165) is 5.69 Å². The Bertz CT molecular complexity index is 1070. The van der Waals surface area contributed by atoms with Gasteiger partial charge >= 0.3 is 0 Å². The van der Waals surface area contributed by atoms with E-state index in [4.69, 9.17) is 9.47 Å². The molecule has 168 valence electrons. The van der Waals surface area contributed by atoms with E-state index in [9.17, 15) is 9.59 Å². The molecular weight excluding hydrogens is 408 g/mol. The largest absolute Gasteiger partial charge is 0.493 e. The van der Waals surface area contributed by atoms with Gasteiger partial charge in [-0.2, -0.15) is 5.10 Å². The Hall–Kier alpha value is -3.81. The molecule has 1 heterocycles. The summed E-state index contributed by atoms with van der Waals surface area (Å²) in [7, 11) is 3.12. The Morgan fingerprint density at radius 3 is 2.31 bits per heavy atom. The second-order valence-corrected chi connectivity index (χ2v) is 6.99. The molecule has 0 atom stereocenters. The number of methoxy groups -OCH3 is 2. The van der Waals surface area contributed by atoms with Gasteiger partial charge in [-0.3, -0.25) is 9.59 Å². The molecule has 0 fully saturated rings. The molecule has 1 aromatic heterocycles. The molecule has 32 heavy (non-hydrogen) atoms. The lowest BCUT2D eigenvalue weighted by Crippen LogP contribution is -2.40. The maximum absolute atomic E-state index is 13.1. The molecule has 8 heteroatoms. The monoisotopic (exact) mass is 436 g/mol. The van der Waals surface area contributed by atoms with E-state index < -0.39 is 0 Å². The molecule has 0 radical (unpaired) electrons. The van der Waals surface area contributed by atoms with Crippen molar-refractivity contribution in [1.29, 1.82) is 0 Å². The Balaban J connectivity index is 1.98. The van der Waals surface area contributed by atoms with Crippen LogP contribution in [0.1, 0.15) is 24.2 Å². The predicted molar refractivity (Wildman–Crippen MR) is 122 cm³/mol. The number of aromatic nitrogens is 2. The SMILES string of the molecule is CCN(CC)C(=O)CNC(=O)c1cn(-c2ccccc2)nc1-c1ccc(OC)c(OC)c1. The number of likely N-dealkylation sites (N-methyl/N-ethyl adjacent to an activating group) is 1. The van der Waals surface area contributed by atoms with Gasteiger partial charge in [-0.25, -0.2) is 4.68 Å². The molecule has 0 aliphatic rings. The molecule has 3 rings (SSSR count). The summed E-state index contributed by atoms with van der Waals surface area (Å²) in [5.41, 5.74) is 2.33. The summed E-state index contributed by atoms with van der Waals surface area (Å²) in [4.78, 5) is 27.1. The van der Waals surface area contributed by atoms with Crippen LogP contribution in [0.3, 0.4) is 0 Å². The van der Waals surface area contributed by atoms with Gasteiger partial charge in [0.2, 0.25) is 5.91 Å². The molecule has 0 bridgehead atoms. The van der Waals surface area contributed by atoms with Crippen molar-refractivity contribution in [2.75, 3.05) is 33.9 Å².